The van der Waals surface area contributed by atoms with Crippen molar-refractivity contribution in [3.8, 4) is 0 Å². The smallest absolute Gasteiger partial charge is 0.252 e. The van der Waals surface area contributed by atoms with Gasteiger partial charge in [0, 0.05) is 34.4 Å². The zero-order chi connectivity index (χ0) is 25.9. The van der Waals surface area contributed by atoms with Crippen molar-refractivity contribution >= 4 is 39.3 Å². The number of benzene rings is 3. The monoisotopic (exact) mass is 546 g/mol. The number of amides is 1. The molecule has 3 aromatic carbocycles. The van der Waals surface area contributed by atoms with Crippen LogP contribution in [-0.2, 0) is 16.6 Å². The van der Waals surface area contributed by atoms with Crippen molar-refractivity contribution in [1.82, 2.24) is 9.62 Å². The van der Waals surface area contributed by atoms with E-state index < -0.39 is 15.9 Å². The second-order valence-corrected chi connectivity index (χ2v) is 12.8. The van der Waals surface area contributed by atoms with E-state index in [1.54, 1.807) is 36.4 Å². The Kier molecular flexibility index (Phi) is 8.40. The van der Waals surface area contributed by atoms with Gasteiger partial charge in [0.15, 0.2) is 0 Å². The van der Waals surface area contributed by atoms with Crippen molar-refractivity contribution in [3.63, 3.8) is 0 Å². The fraction of sp³-hybridized carbons (Fsp3) is 0.296. The van der Waals surface area contributed by atoms with E-state index in [4.69, 9.17) is 11.6 Å². The van der Waals surface area contributed by atoms with Gasteiger partial charge in [0.1, 0.15) is 5.82 Å². The highest BCUT2D eigenvalue weighted by atomic mass is 35.5. The summed E-state index contributed by atoms with van der Waals surface area (Å²) in [6.07, 6.45) is 0.984. The highest BCUT2D eigenvalue weighted by Gasteiger charge is 2.32. The largest absolute Gasteiger partial charge is 0.348 e. The predicted octanol–water partition coefficient (Wildman–Crippen LogP) is 6.23. The van der Waals surface area contributed by atoms with E-state index in [2.05, 4.69) is 19.2 Å². The molecule has 9 heteroatoms. The van der Waals surface area contributed by atoms with Crippen LogP contribution in [0.5, 0.6) is 0 Å². The standard InChI is InChI=1S/C27H28ClFN2O3S2/c1-18-12-19(2)17-31(16-18)36(33,34)24-10-11-26(35-23-5-3-4-21(28)13-23)25(14-24)27(32)30-15-20-6-8-22(29)9-7-20/h3-11,13-14,18-19H,12,15-17H2,1-2H3,(H,30,32)/t18-,19+. The molecule has 2 atom stereocenters. The molecule has 1 saturated heterocycles. The van der Waals surface area contributed by atoms with Crippen LogP contribution in [0.25, 0.3) is 0 Å². The zero-order valence-electron chi connectivity index (χ0n) is 20.1. The summed E-state index contributed by atoms with van der Waals surface area (Å²) >= 11 is 7.47. The molecule has 0 spiro atoms. The third-order valence-electron chi connectivity index (χ3n) is 6.06. The Morgan fingerprint density at radius 2 is 1.75 bits per heavy atom. The summed E-state index contributed by atoms with van der Waals surface area (Å²) in [7, 11) is -3.77. The molecule has 1 heterocycles. The average Bonchev–Trinajstić information content (AvgIpc) is 2.83. The van der Waals surface area contributed by atoms with Crippen LogP contribution in [0.1, 0.15) is 36.2 Å². The molecule has 4 rings (SSSR count). The van der Waals surface area contributed by atoms with Gasteiger partial charge in [-0.1, -0.05) is 55.4 Å². The molecule has 0 aromatic heterocycles. The van der Waals surface area contributed by atoms with Crippen LogP contribution in [0.3, 0.4) is 0 Å². The number of nitrogens with one attached hydrogen (secondary N) is 1. The van der Waals surface area contributed by atoms with Crippen molar-refractivity contribution in [2.45, 2.75) is 41.5 Å². The SMILES string of the molecule is C[C@@H]1C[C@H](C)CN(S(=O)(=O)c2ccc(Sc3cccc(Cl)c3)c(C(=O)NCc3ccc(F)cc3)c2)C1. The molecule has 1 aliphatic rings. The van der Waals surface area contributed by atoms with Gasteiger partial charge in [-0.15, -0.1) is 0 Å². The molecule has 5 nitrogen and oxygen atoms in total. The van der Waals surface area contributed by atoms with Crippen LogP contribution in [0.4, 0.5) is 4.39 Å². The minimum atomic E-state index is -3.77. The molecule has 0 unspecified atom stereocenters. The van der Waals surface area contributed by atoms with E-state index >= 15 is 0 Å². The maximum atomic E-state index is 13.5. The van der Waals surface area contributed by atoms with E-state index in [1.165, 1.54) is 34.3 Å². The first kappa shape index (κ1) is 26.7. The average molecular weight is 547 g/mol. The van der Waals surface area contributed by atoms with Crippen LogP contribution >= 0.6 is 23.4 Å². The van der Waals surface area contributed by atoms with Gasteiger partial charge >= 0.3 is 0 Å². The fourth-order valence-corrected chi connectivity index (χ4v) is 7.37. The molecular formula is C27H28ClFN2O3S2. The molecule has 1 aliphatic heterocycles. The Balaban J connectivity index is 1.66. The highest BCUT2D eigenvalue weighted by Crippen LogP contribution is 2.34. The van der Waals surface area contributed by atoms with Crippen LogP contribution in [-0.4, -0.2) is 31.7 Å². The second-order valence-electron chi connectivity index (χ2n) is 9.29. The second kappa shape index (κ2) is 11.3. The number of halogens is 2. The molecule has 0 radical (unpaired) electrons. The molecule has 190 valence electrons. The summed E-state index contributed by atoms with van der Waals surface area (Å²) < 4.78 is 41.8. The van der Waals surface area contributed by atoms with E-state index in [0.29, 0.717) is 23.0 Å². The van der Waals surface area contributed by atoms with Crippen molar-refractivity contribution < 1.29 is 17.6 Å². The molecule has 1 amide bonds. The summed E-state index contributed by atoms with van der Waals surface area (Å²) in [6, 6.07) is 17.8. The lowest BCUT2D eigenvalue weighted by Crippen LogP contribution is -2.42. The Labute approximate surface area is 221 Å². The van der Waals surface area contributed by atoms with Gasteiger partial charge in [0.05, 0.1) is 10.5 Å². The zero-order valence-corrected chi connectivity index (χ0v) is 22.5. The maximum absolute atomic E-state index is 13.5. The van der Waals surface area contributed by atoms with Crippen molar-refractivity contribution in [2.24, 2.45) is 11.8 Å². The van der Waals surface area contributed by atoms with Gasteiger partial charge in [-0.3, -0.25) is 4.79 Å². The summed E-state index contributed by atoms with van der Waals surface area (Å²) in [5.41, 5.74) is 0.982. The summed E-state index contributed by atoms with van der Waals surface area (Å²) in [4.78, 5) is 14.8. The first-order valence-corrected chi connectivity index (χ1v) is 14.4. The van der Waals surface area contributed by atoms with E-state index in [1.807, 2.05) is 12.1 Å². The first-order valence-electron chi connectivity index (χ1n) is 11.7. The minimum absolute atomic E-state index is 0.0891. The van der Waals surface area contributed by atoms with Crippen molar-refractivity contribution in [1.29, 1.82) is 0 Å². The van der Waals surface area contributed by atoms with E-state index in [-0.39, 0.29) is 34.7 Å². The lowest BCUT2D eigenvalue weighted by atomic mass is 9.94. The van der Waals surface area contributed by atoms with Gasteiger partial charge in [0.25, 0.3) is 5.91 Å². The molecule has 1 fully saturated rings. The third-order valence-corrected chi connectivity index (χ3v) is 9.19. The lowest BCUT2D eigenvalue weighted by Gasteiger charge is -2.34. The number of sulfonamides is 1. The van der Waals surface area contributed by atoms with Gasteiger partial charge in [-0.2, -0.15) is 4.31 Å². The number of carbonyl (C=O) groups is 1. The quantitative estimate of drug-likeness (QED) is 0.381. The van der Waals surface area contributed by atoms with E-state index in [9.17, 15) is 17.6 Å². The number of piperidine rings is 1. The van der Waals surface area contributed by atoms with Crippen molar-refractivity contribution in [3.05, 3.63) is 88.7 Å². The Bertz CT molecular complexity index is 1340. The summed E-state index contributed by atoms with van der Waals surface area (Å²) in [5.74, 6) is -0.245. The topological polar surface area (TPSA) is 66.5 Å². The van der Waals surface area contributed by atoms with Gasteiger partial charge in [-0.05, 0) is 72.4 Å². The molecule has 3 aromatic rings. The highest BCUT2D eigenvalue weighted by molar-refractivity contribution is 7.99. The predicted molar refractivity (Wildman–Crippen MR) is 141 cm³/mol. The minimum Gasteiger partial charge on any atom is -0.348 e. The van der Waals surface area contributed by atoms with Crippen LogP contribution in [0.2, 0.25) is 5.02 Å². The molecule has 0 aliphatic carbocycles. The number of hydrogen-bond donors (Lipinski definition) is 1. The number of carbonyl (C=O) groups excluding carboxylic acids is 1. The molecule has 1 N–H and O–H groups in total. The van der Waals surface area contributed by atoms with Gasteiger partial charge in [-0.25, -0.2) is 12.8 Å². The summed E-state index contributed by atoms with van der Waals surface area (Å²) in [6.45, 7) is 5.20. The summed E-state index contributed by atoms with van der Waals surface area (Å²) in [5, 5.41) is 3.40. The fourth-order valence-electron chi connectivity index (χ4n) is 4.42. The van der Waals surface area contributed by atoms with Crippen LogP contribution in [0, 0.1) is 17.7 Å². The Morgan fingerprint density at radius 3 is 2.42 bits per heavy atom. The maximum Gasteiger partial charge on any atom is 0.252 e. The van der Waals surface area contributed by atoms with Crippen molar-refractivity contribution in [2.75, 3.05) is 13.1 Å². The molecule has 0 bridgehead atoms. The van der Waals surface area contributed by atoms with E-state index in [0.717, 1.165) is 16.9 Å². The Hall–Kier alpha value is -2.39. The van der Waals surface area contributed by atoms with Crippen LogP contribution in [0.15, 0.2) is 81.4 Å². The molecule has 0 saturated carbocycles. The Morgan fingerprint density at radius 1 is 1.06 bits per heavy atom. The molecular weight excluding hydrogens is 519 g/mol. The van der Waals surface area contributed by atoms with Gasteiger partial charge < -0.3 is 5.32 Å². The third kappa shape index (κ3) is 6.48. The number of nitrogens with zero attached hydrogens (tertiary/aromatic N) is 1. The normalized spacial score (nSPS) is 18.7. The number of hydrogen-bond acceptors (Lipinski definition) is 4. The number of rotatable bonds is 7. The first-order chi connectivity index (χ1) is 17.1. The molecule has 36 heavy (non-hydrogen) atoms. The van der Waals surface area contributed by atoms with Gasteiger partial charge in [0.2, 0.25) is 10.0 Å². The lowest BCUT2D eigenvalue weighted by molar-refractivity contribution is 0.0947. The van der Waals surface area contributed by atoms with Crippen LogP contribution < -0.4 is 5.32 Å².